The van der Waals surface area contributed by atoms with E-state index in [9.17, 15) is 8.78 Å². The molecule has 0 aliphatic rings. The van der Waals surface area contributed by atoms with Gasteiger partial charge in [-0.15, -0.1) is 0 Å². The van der Waals surface area contributed by atoms with Crippen LogP contribution in [0.5, 0.6) is 0 Å². The second kappa shape index (κ2) is 3.58. The number of rotatable bonds is 3. The second-order valence-electron chi connectivity index (χ2n) is 1.86. The van der Waals surface area contributed by atoms with Gasteiger partial charge in [0.15, 0.2) is 0 Å². The molecule has 0 aliphatic carbocycles. The number of alkyl halides is 3. The molecule has 0 atom stereocenters. The van der Waals surface area contributed by atoms with Gasteiger partial charge in [-0.3, -0.25) is 0 Å². The third kappa shape index (κ3) is 6.59. The van der Waals surface area contributed by atoms with E-state index < -0.39 is 5.92 Å². The fraction of sp³-hybridized carbons (Fsp3) is 1.00. The molecule has 0 heterocycles. The summed E-state index contributed by atoms with van der Waals surface area (Å²) in [4.78, 5) is 0. The third-order valence-electron chi connectivity index (χ3n) is 0.749. The minimum atomic E-state index is -2.45. The summed E-state index contributed by atoms with van der Waals surface area (Å²) in [6.45, 7) is 0.958. The molecule has 0 saturated heterocycles. The number of hydrogen-bond acceptors (Lipinski definition) is 0. The lowest BCUT2D eigenvalue weighted by Gasteiger charge is -2.06. The van der Waals surface area contributed by atoms with Crippen molar-refractivity contribution in [3.63, 3.8) is 0 Å². The molecule has 0 radical (unpaired) electrons. The van der Waals surface area contributed by atoms with Crippen LogP contribution in [0, 0.1) is 0 Å². The SMILES string of the molecule is CC(F)(F)CCCI. The van der Waals surface area contributed by atoms with E-state index in [1.165, 1.54) is 0 Å². The van der Waals surface area contributed by atoms with Gasteiger partial charge < -0.3 is 0 Å². The molecule has 8 heavy (non-hydrogen) atoms. The van der Waals surface area contributed by atoms with E-state index in [1.54, 1.807) is 0 Å². The molecule has 0 saturated carbocycles. The van der Waals surface area contributed by atoms with Crippen molar-refractivity contribution in [3.05, 3.63) is 0 Å². The Bertz CT molecular complexity index is 57.9. The van der Waals surface area contributed by atoms with Crippen LogP contribution in [0.4, 0.5) is 8.78 Å². The highest BCUT2D eigenvalue weighted by atomic mass is 127. The first kappa shape index (κ1) is 8.59. The summed E-state index contributed by atoms with van der Waals surface area (Å²) in [7, 11) is 0. The van der Waals surface area contributed by atoms with Crippen LogP contribution in [0.25, 0.3) is 0 Å². The summed E-state index contributed by atoms with van der Waals surface area (Å²) in [5, 5.41) is 0. The Hall–Kier alpha value is 0.590. The van der Waals surface area contributed by atoms with Crippen LogP contribution in [-0.2, 0) is 0 Å². The normalized spacial score (nSPS) is 12.0. The minimum Gasteiger partial charge on any atom is -0.207 e. The van der Waals surface area contributed by atoms with Crippen LogP contribution in [0.3, 0.4) is 0 Å². The zero-order valence-electron chi connectivity index (χ0n) is 4.76. The van der Waals surface area contributed by atoms with Crippen molar-refractivity contribution in [2.45, 2.75) is 25.7 Å². The van der Waals surface area contributed by atoms with E-state index in [4.69, 9.17) is 0 Å². The summed E-state index contributed by atoms with van der Waals surface area (Å²) in [6, 6.07) is 0. The van der Waals surface area contributed by atoms with Crippen LogP contribution >= 0.6 is 22.6 Å². The van der Waals surface area contributed by atoms with E-state index >= 15 is 0 Å². The minimum absolute atomic E-state index is 0.0237. The van der Waals surface area contributed by atoms with Crippen LogP contribution in [0.15, 0.2) is 0 Å². The lowest BCUT2D eigenvalue weighted by Crippen LogP contribution is -2.08. The lowest BCUT2D eigenvalue weighted by molar-refractivity contribution is 0.0128. The van der Waals surface area contributed by atoms with Gasteiger partial charge in [-0.05, 0) is 17.8 Å². The van der Waals surface area contributed by atoms with Gasteiger partial charge >= 0.3 is 0 Å². The summed E-state index contributed by atoms with van der Waals surface area (Å²) in [6.07, 6.45) is 0.639. The van der Waals surface area contributed by atoms with Crippen molar-refractivity contribution in [3.8, 4) is 0 Å². The van der Waals surface area contributed by atoms with Crippen molar-refractivity contribution in [2.24, 2.45) is 0 Å². The highest BCUT2D eigenvalue weighted by Crippen LogP contribution is 2.18. The van der Waals surface area contributed by atoms with Gasteiger partial charge in [-0.25, -0.2) is 8.78 Å². The van der Waals surface area contributed by atoms with Crippen molar-refractivity contribution in [2.75, 3.05) is 4.43 Å². The first-order valence-corrected chi connectivity index (χ1v) is 4.02. The molecular weight excluding hydrogens is 225 g/mol. The van der Waals surface area contributed by atoms with Crippen LogP contribution < -0.4 is 0 Å². The molecule has 0 aromatic carbocycles. The predicted molar refractivity (Wildman–Crippen MR) is 38.7 cm³/mol. The average Bonchev–Trinajstić information content (AvgIpc) is 1.59. The van der Waals surface area contributed by atoms with E-state index in [1.807, 2.05) is 0 Å². The summed E-state index contributed by atoms with van der Waals surface area (Å²) < 4.78 is 24.6. The van der Waals surface area contributed by atoms with Gasteiger partial charge in [0.25, 0.3) is 0 Å². The summed E-state index contributed by atoms with van der Waals surface area (Å²) in [5.74, 6) is -2.45. The Morgan fingerprint density at radius 1 is 1.50 bits per heavy atom. The van der Waals surface area contributed by atoms with Crippen molar-refractivity contribution in [1.29, 1.82) is 0 Å². The molecule has 0 fully saturated rings. The lowest BCUT2D eigenvalue weighted by atomic mass is 10.2. The Labute approximate surface area is 61.8 Å². The van der Waals surface area contributed by atoms with E-state index in [0.717, 1.165) is 11.4 Å². The molecule has 0 rings (SSSR count). The molecule has 0 aromatic rings. The van der Waals surface area contributed by atoms with Crippen molar-refractivity contribution in [1.82, 2.24) is 0 Å². The predicted octanol–water partition coefficient (Wildman–Crippen LogP) is 2.86. The summed E-state index contributed by atoms with van der Waals surface area (Å²) in [5.41, 5.74) is 0. The van der Waals surface area contributed by atoms with Crippen LogP contribution in [0.2, 0.25) is 0 Å². The van der Waals surface area contributed by atoms with Crippen LogP contribution in [-0.4, -0.2) is 10.4 Å². The Morgan fingerprint density at radius 3 is 2.12 bits per heavy atom. The van der Waals surface area contributed by atoms with E-state index in [0.29, 0.717) is 6.42 Å². The maximum absolute atomic E-state index is 11.9. The zero-order chi connectivity index (χ0) is 6.62. The van der Waals surface area contributed by atoms with Gasteiger partial charge in [0.1, 0.15) is 0 Å². The van der Waals surface area contributed by atoms with Gasteiger partial charge in [0.2, 0.25) is 5.92 Å². The Kier molecular flexibility index (Phi) is 3.85. The molecule has 0 unspecified atom stereocenters. The highest BCUT2D eigenvalue weighted by Gasteiger charge is 2.18. The molecule has 0 nitrogen and oxygen atoms in total. The van der Waals surface area contributed by atoms with Gasteiger partial charge in [0, 0.05) is 6.42 Å². The molecular formula is C5H9F2I. The smallest absolute Gasteiger partial charge is 0.207 e. The molecule has 0 aromatic heterocycles. The third-order valence-corrected chi connectivity index (χ3v) is 1.51. The highest BCUT2D eigenvalue weighted by molar-refractivity contribution is 14.1. The topological polar surface area (TPSA) is 0 Å². The van der Waals surface area contributed by atoms with Gasteiger partial charge in [0.05, 0.1) is 0 Å². The monoisotopic (exact) mass is 234 g/mol. The first-order valence-electron chi connectivity index (χ1n) is 2.50. The zero-order valence-corrected chi connectivity index (χ0v) is 6.91. The fourth-order valence-electron chi connectivity index (χ4n) is 0.377. The molecule has 50 valence electrons. The standard InChI is InChI=1S/C5H9F2I/c1-5(6,7)3-2-4-8/h2-4H2,1H3. The average molecular weight is 234 g/mol. The molecule has 0 spiro atoms. The largest absolute Gasteiger partial charge is 0.245 e. The molecule has 0 N–H and O–H groups in total. The summed E-state index contributed by atoms with van der Waals surface area (Å²) >= 11 is 2.09. The fourth-order valence-corrected chi connectivity index (χ4v) is 0.759. The van der Waals surface area contributed by atoms with Gasteiger partial charge in [-0.1, -0.05) is 22.6 Å². The number of halogens is 3. The van der Waals surface area contributed by atoms with E-state index in [-0.39, 0.29) is 6.42 Å². The van der Waals surface area contributed by atoms with Crippen LogP contribution in [0.1, 0.15) is 19.8 Å². The molecule has 0 aliphatic heterocycles. The molecule has 0 bridgehead atoms. The van der Waals surface area contributed by atoms with E-state index in [2.05, 4.69) is 22.6 Å². The van der Waals surface area contributed by atoms with Crippen molar-refractivity contribution < 1.29 is 8.78 Å². The molecule has 3 heteroatoms. The Balaban J connectivity index is 3.11. The Morgan fingerprint density at radius 2 is 2.00 bits per heavy atom. The molecule has 0 amide bonds. The number of hydrogen-bond donors (Lipinski definition) is 0. The maximum Gasteiger partial charge on any atom is 0.245 e. The maximum atomic E-state index is 11.9. The quantitative estimate of drug-likeness (QED) is 0.520. The first-order chi connectivity index (χ1) is 3.56. The van der Waals surface area contributed by atoms with Crippen molar-refractivity contribution >= 4 is 22.6 Å². The second-order valence-corrected chi connectivity index (χ2v) is 2.94. The van der Waals surface area contributed by atoms with Gasteiger partial charge in [-0.2, -0.15) is 0 Å².